The number of fused-ring (bicyclic) bond motifs is 1. The number of carbonyl (C=O) groups is 1. The molecule has 1 atom stereocenters. The van der Waals surface area contributed by atoms with Crippen LogP contribution in [-0.4, -0.2) is 32.7 Å². The lowest BCUT2D eigenvalue weighted by Gasteiger charge is -2.26. The molecule has 0 spiro atoms. The Morgan fingerprint density at radius 3 is 3.05 bits per heavy atom. The van der Waals surface area contributed by atoms with Gasteiger partial charge in [-0.3, -0.25) is 0 Å². The van der Waals surface area contributed by atoms with Crippen molar-refractivity contribution in [3.05, 3.63) is 46.8 Å². The molecule has 0 bridgehead atoms. The van der Waals surface area contributed by atoms with Crippen LogP contribution in [0.5, 0.6) is 0 Å². The largest absolute Gasteiger partial charge is 0.476 e. The Balaban J connectivity index is 1.90. The van der Waals surface area contributed by atoms with Gasteiger partial charge in [-0.05, 0) is 24.0 Å². The van der Waals surface area contributed by atoms with Gasteiger partial charge in [0.2, 0.25) is 0 Å². The normalized spacial score (nSPS) is 17.5. The molecule has 1 aromatic heterocycles. The summed E-state index contributed by atoms with van der Waals surface area (Å²) in [4.78, 5) is 11.1. The van der Waals surface area contributed by atoms with Gasteiger partial charge in [-0.25, -0.2) is 9.48 Å². The van der Waals surface area contributed by atoms with E-state index in [2.05, 4.69) is 22.4 Å². The summed E-state index contributed by atoms with van der Waals surface area (Å²) in [6.45, 7) is 3.06. The standard InChI is InChI=1S/C15H17N3O3/c1-2-12-14(15(19)20)16-17-18(12)9-13-11-6-4-3-5-10(11)7-8-21-13/h3-6,13H,2,7-9H2,1H3,(H,19,20). The first-order valence-electron chi connectivity index (χ1n) is 7.05. The molecule has 0 fully saturated rings. The number of carboxylic acids is 1. The van der Waals surface area contributed by atoms with Crippen LogP contribution in [0.25, 0.3) is 0 Å². The van der Waals surface area contributed by atoms with Crippen molar-refractivity contribution in [2.24, 2.45) is 0 Å². The fourth-order valence-electron chi connectivity index (χ4n) is 2.78. The van der Waals surface area contributed by atoms with E-state index in [1.807, 2.05) is 19.1 Å². The van der Waals surface area contributed by atoms with Crippen molar-refractivity contribution in [2.45, 2.75) is 32.4 Å². The van der Waals surface area contributed by atoms with Gasteiger partial charge >= 0.3 is 5.97 Å². The lowest BCUT2D eigenvalue weighted by atomic mass is 9.97. The summed E-state index contributed by atoms with van der Waals surface area (Å²) in [5, 5.41) is 16.9. The van der Waals surface area contributed by atoms with E-state index in [1.54, 1.807) is 4.68 Å². The summed E-state index contributed by atoms with van der Waals surface area (Å²) >= 11 is 0. The molecule has 110 valence electrons. The zero-order valence-corrected chi connectivity index (χ0v) is 11.8. The predicted molar refractivity (Wildman–Crippen MR) is 75.2 cm³/mol. The Morgan fingerprint density at radius 1 is 1.48 bits per heavy atom. The minimum absolute atomic E-state index is 0.0293. The SMILES string of the molecule is CCc1c(C(=O)O)nnn1CC1OCCc2ccccc21. The fourth-order valence-corrected chi connectivity index (χ4v) is 2.78. The molecule has 0 amide bonds. The average molecular weight is 287 g/mol. The molecule has 2 heterocycles. The van der Waals surface area contributed by atoms with Gasteiger partial charge in [0.1, 0.15) is 6.10 Å². The lowest BCUT2D eigenvalue weighted by molar-refractivity contribution is 0.0274. The van der Waals surface area contributed by atoms with Crippen molar-refractivity contribution < 1.29 is 14.6 Å². The molecule has 0 aliphatic carbocycles. The maximum absolute atomic E-state index is 11.1. The van der Waals surface area contributed by atoms with Gasteiger partial charge in [0.25, 0.3) is 0 Å². The van der Waals surface area contributed by atoms with Gasteiger partial charge < -0.3 is 9.84 Å². The molecule has 2 aromatic rings. The number of nitrogens with zero attached hydrogens (tertiary/aromatic N) is 3. The Bertz CT molecular complexity index is 666. The first kappa shape index (κ1) is 13.8. The second-order valence-electron chi connectivity index (χ2n) is 5.03. The second kappa shape index (κ2) is 5.65. The monoisotopic (exact) mass is 287 g/mol. The molecule has 1 aromatic carbocycles. The van der Waals surface area contributed by atoms with E-state index in [-0.39, 0.29) is 11.8 Å². The van der Waals surface area contributed by atoms with E-state index in [1.165, 1.54) is 5.56 Å². The third-order valence-electron chi connectivity index (χ3n) is 3.81. The van der Waals surface area contributed by atoms with E-state index >= 15 is 0 Å². The number of rotatable bonds is 4. The van der Waals surface area contributed by atoms with Crippen LogP contribution in [0.1, 0.15) is 40.3 Å². The quantitative estimate of drug-likeness (QED) is 0.928. The number of benzene rings is 1. The Labute approximate surface area is 122 Å². The van der Waals surface area contributed by atoms with Gasteiger partial charge in [0, 0.05) is 0 Å². The number of carboxylic acid groups (broad SMARTS) is 1. The molecule has 21 heavy (non-hydrogen) atoms. The summed E-state index contributed by atoms with van der Waals surface area (Å²) in [5.41, 5.74) is 3.10. The maximum atomic E-state index is 11.1. The highest BCUT2D eigenvalue weighted by atomic mass is 16.5. The van der Waals surface area contributed by atoms with Crippen LogP contribution in [0.15, 0.2) is 24.3 Å². The van der Waals surface area contributed by atoms with Crippen molar-refractivity contribution in [1.29, 1.82) is 0 Å². The predicted octanol–water partition coefficient (Wildman–Crippen LogP) is 1.85. The third kappa shape index (κ3) is 2.54. The molecule has 6 nitrogen and oxygen atoms in total. The van der Waals surface area contributed by atoms with Crippen LogP contribution in [-0.2, 0) is 24.1 Å². The van der Waals surface area contributed by atoms with Crippen molar-refractivity contribution in [3.63, 3.8) is 0 Å². The minimum atomic E-state index is -1.04. The van der Waals surface area contributed by atoms with E-state index < -0.39 is 5.97 Å². The van der Waals surface area contributed by atoms with E-state index in [4.69, 9.17) is 9.84 Å². The number of aromatic carboxylic acids is 1. The first-order chi connectivity index (χ1) is 10.2. The van der Waals surface area contributed by atoms with Gasteiger partial charge in [0.15, 0.2) is 5.69 Å². The van der Waals surface area contributed by atoms with Crippen molar-refractivity contribution >= 4 is 5.97 Å². The van der Waals surface area contributed by atoms with Crippen LogP contribution in [0, 0.1) is 0 Å². The minimum Gasteiger partial charge on any atom is -0.476 e. The lowest BCUT2D eigenvalue weighted by Crippen LogP contribution is -2.22. The van der Waals surface area contributed by atoms with Crippen molar-refractivity contribution in [1.82, 2.24) is 15.0 Å². The van der Waals surface area contributed by atoms with E-state index in [0.717, 1.165) is 12.0 Å². The summed E-state index contributed by atoms with van der Waals surface area (Å²) in [6, 6.07) is 8.18. The highest BCUT2D eigenvalue weighted by Crippen LogP contribution is 2.28. The summed E-state index contributed by atoms with van der Waals surface area (Å²) in [5.74, 6) is -1.04. The smallest absolute Gasteiger partial charge is 0.358 e. The highest BCUT2D eigenvalue weighted by molar-refractivity contribution is 5.86. The second-order valence-corrected chi connectivity index (χ2v) is 5.03. The van der Waals surface area contributed by atoms with E-state index in [9.17, 15) is 4.79 Å². The van der Waals surface area contributed by atoms with E-state index in [0.29, 0.717) is 25.3 Å². The molecule has 3 rings (SSSR count). The molecule has 0 radical (unpaired) electrons. The van der Waals surface area contributed by atoms with Crippen molar-refractivity contribution in [3.8, 4) is 0 Å². The van der Waals surface area contributed by atoms with Crippen LogP contribution in [0.3, 0.4) is 0 Å². The maximum Gasteiger partial charge on any atom is 0.358 e. The number of hydrogen-bond donors (Lipinski definition) is 1. The van der Waals surface area contributed by atoms with Crippen LogP contribution < -0.4 is 0 Å². The summed E-state index contributed by atoms with van der Waals surface area (Å²) < 4.78 is 7.49. The van der Waals surface area contributed by atoms with Gasteiger partial charge in [0.05, 0.1) is 18.8 Å². The number of hydrogen-bond acceptors (Lipinski definition) is 4. The molecular formula is C15H17N3O3. The van der Waals surface area contributed by atoms with Crippen LogP contribution in [0.4, 0.5) is 0 Å². The molecule has 1 N–H and O–H groups in total. The molecular weight excluding hydrogens is 270 g/mol. The molecule has 0 saturated carbocycles. The Kier molecular flexibility index (Phi) is 3.70. The topological polar surface area (TPSA) is 77.2 Å². The van der Waals surface area contributed by atoms with Gasteiger partial charge in [-0.15, -0.1) is 5.10 Å². The molecule has 6 heteroatoms. The highest BCUT2D eigenvalue weighted by Gasteiger charge is 2.24. The number of aromatic nitrogens is 3. The fraction of sp³-hybridized carbons (Fsp3) is 0.400. The summed E-state index contributed by atoms with van der Waals surface area (Å²) in [7, 11) is 0. The Hall–Kier alpha value is -2.21. The van der Waals surface area contributed by atoms with Gasteiger partial charge in [-0.1, -0.05) is 36.4 Å². The van der Waals surface area contributed by atoms with Crippen LogP contribution in [0.2, 0.25) is 0 Å². The Morgan fingerprint density at radius 2 is 2.29 bits per heavy atom. The molecule has 1 aliphatic heterocycles. The van der Waals surface area contributed by atoms with Crippen LogP contribution >= 0.6 is 0 Å². The van der Waals surface area contributed by atoms with Crippen molar-refractivity contribution in [2.75, 3.05) is 6.61 Å². The number of ether oxygens (including phenoxy) is 1. The molecule has 1 unspecified atom stereocenters. The zero-order chi connectivity index (χ0) is 14.8. The first-order valence-corrected chi connectivity index (χ1v) is 7.05. The molecule has 0 saturated heterocycles. The zero-order valence-electron chi connectivity index (χ0n) is 11.8. The third-order valence-corrected chi connectivity index (χ3v) is 3.81. The van der Waals surface area contributed by atoms with Gasteiger partial charge in [-0.2, -0.15) is 0 Å². The molecule has 1 aliphatic rings. The average Bonchev–Trinajstić information content (AvgIpc) is 2.90. The summed E-state index contributed by atoms with van der Waals surface area (Å²) in [6.07, 6.45) is 1.37.